The van der Waals surface area contributed by atoms with Crippen molar-refractivity contribution in [3.8, 4) is 23.1 Å². The van der Waals surface area contributed by atoms with Gasteiger partial charge in [-0.25, -0.2) is 9.50 Å². The molecule has 0 atom stereocenters. The predicted molar refractivity (Wildman–Crippen MR) is 87.7 cm³/mol. The van der Waals surface area contributed by atoms with E-state index >= 15 is 0 Å². The van der Waals surface area contributed by atoms with Crippen molar-refractivity contribution in [2.24, 2.45) is 0 Å². The number of halogens is 3. The number of pyridine rings is 1. The molecular formula is C18H11F3N4O. The van der Waals surface area contributed by atoms with E-state index in [4.69, 9.17) is 4.74 Å². The van der Waals surface area contributed by atoms with Crippen molar-refractivity contribution < 1.29 is 17.9 Å². The minimum absolute atomic E-state index is 0.127. The lowest BCUT2D eigenvalue weighted by atomic mass is 10.2. The maximum absolute atomic E-state index is 12.8. The van der Waals surface area contributed by atoms with E-state index < -0.39 is 11.7 Å². The summed E-state index contributed by atoms with van der Waals surface area (Å²) in [6.45, 7) is 0. The molecule has 0 radical (unpaired) electrons. The molecule has 0 bridgehead atoms. The molecule has 0 aliphatic rings. The van der Waals surface area contributed by atoms with Gasteiger partial charge in [-0.3, -0.25) is 0 Å². The van der Waals surface area contributed by atoms with E-state index in [0.717, 1.165) is 12.3 Å². The maximum atomic E-state index is 12.8. The number of aromatic nitrogens is 4. The van der Waals surface area contributed by atoms with Gasteiger partial charge in [0, 0.05) is 12.4 Å². The molecule has 0 aliphatic carbocycles. The minimum Gasteiger partial charge on any atom is -0.424 e. The Hall–Kier alpha value is -3.42. The molecule has 0 fully saturated rings. The van der Waals surface area contributed by atoms with Crippen molar-refractivity contribution in [3.63, 3.8) is 0 Å². The molecule has 0 amide bonds. The van der Waals surface area contributed by atoms with Crippen LogP contribution >= 0.6 is 0 Å². The summed E-state index contributed by atoms with van der Waals surface area (Å²) in [6, 6.07) is 14.8. The fourth-order valence-corrected chi connectivity index (χ4v) is 2.41. The zero-order valence-corrected chi connectivity index (χ0v) is 13.2. The van der Waals surface area contributed by atoms with Crippen LogP contribution < -0.4 is 4.74 Å². The second kappa shape index (κ2) is 6.14. The van der Waals surface area contributed by atoms with Crippen molar-refractivity contribution in [1.29, 1.82) is 0 Å². The molecule has 0 unspecified atom stereocenters. The van der Waals surface area contributed by atoms with E-state index in [1.165, 1.54) is 16.8 Å². The fraction of sp³-hybridized carbons (Fsp3) is 0.0556. The summed E-state index contributed by atoms with van der Waals surface area (Å²) in [5.74, 6) is 0.578. The zero-order valence-electron chi connectivity index (χ0n) is 13.2. The van der Waals surface area contributed by atoms with Crippen LogP contribution in [-0.2, 0) is 6.18 Å². The average molecular weight is 356 g/mol. The molecule has 0 spiro atoms. The molecule has 3 aromatic heterocycles. The number of fused-ring (bicyclic) bond motifs is 1. The van der Waals surface area contributed by atoms with Crippen LogP contribution in [0.15, 0.2) is 67.0 Å². The summed E-state index contributed by atoms with van der Waals surface area (Å²) in [7, 11) is 0. The largest absolute Gasteiger partial charge is 0.424 e. The molecule has 1 aromatic carbocycles. The Morgan fingerprint density at radius 1 is 0.923 bits per heavy atom. The average Bonchev–Trinajstić information content (AvgIpc) is 3.05. The van der Waals surface area contributed by atoms with Crippen molar-refractivity contribution in [2.45, 2.75) is 6.18 Å². The van der Waals surface area contributed by atoms with Gasteiger partial charge in [0.1, 0.15) is 11.4 Å². The number of rotatable bonds is 3. The SMILES string of the molecule is FC(F)(F)c1ccc2cc(-c3ccnc(Oc4ccccc4)n3)nn2c1. The van der Waals surface area contributed by atoms with Gasteiger partial charge in [0.15, 0.2) is 0 Å². The van der Waals surface area contributed by atoms with Crippen LogP contribution in [0.2, 0.25) is 0 Å². The number of hydrogen-bond acceptors (Lipinski definition) is 4. The first kappa shape index (κ1) is 16.1. The molecule has 0 aliphatic heterocycles. The third-order valence-electron chi connectivity index (χ3n) is 3.64. The summed E-state index contributed by atoms with van der Waals surface area (Å²) in [5, 5.41) is 4.18. The third-order valence-corrected chi connectivity index (χ3v) is 3.64. The highest BCUT2D eigenvalue weighted by Crippen LogP contribution is 2.30. The van der Waals surface area contributed by atoms with Crippen molar-refractivity contribution >= 4 is 5.52 Å². The Balaban J connectivity index is 1.68. The van der Waals surface area contributed by atoms with Crippen molar-refractivity contribution in [2.75, 3.05) is 0 Å². The van der Waals surface area contributed by atoms with Gasteiger partial charge in [0.05, 0.1) is 16.8 Å². The Labute approximate surface area is 145 Å². The van der Waals surface area contributed by atoms with Gasteiger partial charge in [-0.1, -0.05) is 18.2 Å². The number of ether oxygens (including phenoxy) is 1. The highest BCUT2D eigenvalue weighted by molar-refractivity contribution is 5.63. The second-order valence-corrected chi connectivity index (χ2v) is 5.45. The smallest absolute Gasteiger partial charge is 0.417 e. The second-order valence-electron chi connectivity index (χ2n) is 5.45. The standard InChI is InChI=1S/C18H11F3N4O/c19-18(20,21)12-6-7-13-10-16(24-25(13)11-12)15-8-9-22-17(23-15)26-14-4-2-1-3-5-14/h1-11H. The van der Waals surface area contributed by atoms with Crippen molar-refractivity contribution in [1.82, 2.24) is 19.6 Å². The molecule has 4 aromatic rings. The first-order chi connectivity index (χ1) is 12.5. The maximum Gasteiger partial charge on any atom is 0.417 e. The van der Waals surface area contributed by atoms with Crippen LogP contribution in [0.25, 0.3) is 16.9 Å². The van der Waals surface area contributed by atoms with Gasteiger partial charge in [-0.05, 0) is 36.4 Å². The van der Waals surface area contributed by atoms with E-state index in [2.05, 4.69) is 15.1 Å². The van der Waals surface area contributed by atoms with Crippen LogP contribution in [-0.4, -0.2) is 19.6 Å². The third kappa shape index (κ3) is 3.21. The molecule has 0 saturated carbocycles. The number of para-hydroxylation sites is 1. The Kier molecular flexibility index (Phi) is 3.80. The lowest BCUT2D eigenvalue weighted by Gasteiger charge is -2.05. The molecule has 5 nitrogen and oxygen atoms in total. The van der Waals surface area contributed by atoms with E-state index in [9.17, 15) is 13.2 Å². The molecule has 8 heteroatoms. The van der Waals surface area contributed by atoms with Gasteiger partial charge < -0.3 is 4.74 Å². The molecule has 4 rings (SSSR count). The first-order valence-corrected chi connectivity index (χ1v) is 7.62. The van der Waals surface area contributed by atoms with Crippen LogP contribution in [0, 0.1) is 0 Å². The molecule has 26 heavy (non-hydrogen) atoms. The number of hydrogen-bond donors (Lipinski definition) is 0. The van der Waals surface area contributed by atoms with Gasteiger partial charge in [0.2, 0.25) is 0 Å². The number of nitrogens with zero attached hydrogens (tertiary/aromatic N) is 4. The van der Waals surface area contributed by atoms with Gasteiger partial charge in [-0.2, -0.15) is 23.3 Å². The molecule has 3 heterocycles. The predicted octanol–water partition coefficient (Wildman–Crippen LogP) is 4.60. The summed E-state index contributed by atoms with van der Waals surface area (Å²) >= 11 is 0. The highest BCUT2D eigenvalue weighted by atomic mass is 19.4. The van der Waals surface area contributed by atoms with E-state index in [-0.39, 0.29) is 6.01 Å². The van der Waals surface area contributed by atoms with Crippen molar-refractivity contribution in [3.05, 3.63) is 72.6 Å². The van der Waals surface area contributed by atoms with E-state index in [1.807, 2.05) is 18.2 Å². The lowest BCUT2D eigenvalue weighted by Crippen LogP contribution is -2.06. The number of benzene rings is 1. The lowest BCUT2D eigenvalue weighted by molar-refractivity contribution is -0.137. The van der Waals surface area contributed by atoms with Gasteiger partial charge in [0.25, 0.3) is 0 Å². The molecular weight excluding hydrogens is 345 g/mol. The first-order valence-electron chi connectivity index (χ1n) is 7.62. The number of alkyl halides is 3. The zero-order chi connectivity index (χ0) is 18.1. The fourth-order valence-electron chi connectivity index (χ4n) is 2.41. The quantitative estimate of drug-likeness (QED) is 0.538. The highest BCUT2D eigenvalue weighted by Gasteiger charge is 2.31. The van der Waals surface area contributed by atoms with Crippen LogP contribution in [0.5, 0.6) is 11.8 Å². The van der Waals surface area contributed by atoms with Crippen LogP contribution in [0.4, 0.5) is 13.2 Å². The van der Waals surface area contributed by atoms with Crippen LogP contribution in [0.3, 0.4) is 0 Å². The minimum atomic E-state index is -4.42. The summed E-state index contributed by atoms with van der Waals surface area (Å²) in [6.07, 6.45) is -1.97. The normalized spacial score (nSPS) is 11.7. The Bertz CT molecular complexity index is 1060. The van der Waals surface area contributed by atoms with Crippen LogP contribution in [0.1, 0.15) is 5.56 Å². The molecule has 0 N–H and O–H groups in total. The topological polar surface area (TPSA) is 52.3 Å². The monoisotopic (exact) mass is 356 g/mol. The van der Waals surface area contributed by atoms with E-state index in [0.29, 0.717) is 22.7 Å². The van der Waals surface area contributed by atoms with Gasteiger partial charge >= 0.3 is 12.2 Å². The summed E-state index contributed by atoms with van der Waals surface area (Å²) in [5.41, 5.74) is 0.625. The Morgan fingerprint density at radius 2 is 1.73 bits per heavy atom. The molecule has 130 valence electrons. The summed E-state index contributed by atoms with van der Waals surface area (Å²) < 4.78 is 45.2. The van der Waals surface area contributed by atoms with Gasteiger partial charge in [-0.15, -0.1) is 0 Å². The van der Waals surface area contributed by atoms with E-state index in [1.54, 1.807) is 24.3 Å². The summed E-state index contributed by atoms with van der Waals surface area (Å²) in [4.78, 5) is 8.32. The Morgan fingerprint density at radius 3 is 2.50 bits per heavy atom. The molecule has 0 saturated heterocycles.